The van der Waals surface area contributed by atoms with Gasteiger partial charge in [-0.25, -0.2) is 0 Å². The summed E-state index contributed by atoms with van der Waals surface area (Å²) in [4.78, 5) is 22.4. The summed E-state index contributed by atoms with van der Waals surface area (Å²) in [5.41, 5.74) is 5.45. The molecule has 0 spiro atoms. The van der Waals surface area contributed by atoms with E-state index in [1.54, 1.807) is 0 Å². The van der Waals surface area contributed by atoms with E-state index >= 15 is 0 Å². The maximum atomic E-state index is 11.7. The summed E-state index contributed by atoms with van der Waals surface area (Å²) in [5, 5.41) is 11.6. The van der Waals surface area contributed by atoms with Gasteiger partial charge in [0, 0.05) is 12.5 Å². The van der Waals surface area contributed by atoms with Gasteiger partial charge in [0.25, 0.3) is 0 Å². The van der Waals surface area contributed by atoms with Gasteiger partial charge in [0.15, 0.2) is 0 Å². The highest BCUT2D eigenvalue weighted by Gasteiger charge is 2.19. The first-order valence-corrected chi connectivity index (χ1v) is 6.58. The molecule has 2 atom stereocenters. The molecular weight excluding hydrogens is 232 g/mol. The van der Waals surface area contributed by atoms with Crippen LogP contribution in [-0.4, -0.2) is 29.6 Å². The predicted octanol–water partition coefficient (Wildman–Crippen LogP) is 1.37. The smallest absolute Gasteiger partial charge is 0.305 e. The largest absolute Gasteiger partial charge is 0.481 e. The van der Waals surface area contributed by atoms with Crippen LogP contribution in [0.5, 0.6) is 0 Å². The van der Waals surface area contributed by atoms with Gasteiger partial charge >= 0.3 is 5.97 Å². The lowest BCUT2D eigenvalue weighted by molar-refractivity contribution is -0.138. The van der Waals surface area contributed by atoms with Crippen LogP contribution in [0.4, 0.5) is 0 Å². The monoisotopic (exact) mass is 258 g/mol. The topological polar surface area (TPSA) is 92.4 Å². The third-order valence-corrected chi connectivity index (χ3v) is 3.07. The lowest BCUT2D eigenvalue weighted by atomic mass is 9.99. The molecule has 5 nitrogen and oxygen atoms in total. The molecular formula is C13H26N2O3. The van der Waals surface area contributed by atoms with Crippen LogP contribution in [0.15, 0.2) is 0 Å². The van der Waals surface area contributed by atoms with Gasteiger partial charge in [-0.1, -0.05) is 20.8 Å². The van der Waals surface area contributed by atoms with E-state index in [-0.39, 0.29) is 24.3 Å². The Morgan fingerprint density at radius 1 is 1.22 bits per heavy atom. The van der Waals surface area contributed by atoms with Gasteiger partial charge < -0.3 is 16.2 Å². The number of carboxylic acids is 1. The molecule has 1 amide bonds. The van der Waals surface area contributed by atoms with Crippen LogP contribution < -0.4 is 11.1 Å². The van der Waals surface area contributed by atoms with Gasteiger partial charge in [0.1, 0.15) is 0 Å². The van der Waals surface area contributed by atoms with Crippen molar-refractivity contribution in [2.24, 2.45) is 17.6 Å². The Balaban J connectivity index is 4.06. The molecule has 0 aliphatic rings. The Bertz CT molecular complexity index is 267. The second-order valence-electron chi connectivity index (χ2n) is 5.24. The molecule has 0 fully saturated rings. The van der Waals surface area contributed by atoms with Crippen LogP contribution >= 0.6 is 0 Å². The Hall–Kier alpha value is -1.10. The number of carbonyl (C=O) groups excluding carboxylic acids is 1. The Kier molecular flexibility index (Phi) is 8.37. The van der Waals surface area contributed by atoms with Crippen molar-refractivity contribution in [1.29, 1.82) is 0 Å². The summed E-state index contributed by atoms with van der Waals surface area (Å²) < 4.78 is 0. The normalized spacial score (nSPS) is 14.3. The molecule has 2 unspecified atom stereocenters. The molecule has 0 aliphatic heterocycles. The molecule has 0 aliphatic carbocycles. The second-order valence-corrected chi connectivity index (χ2v) is 5.24. The van der Waals surface area contributed by atoms with E-state index in [9.17, 15) is 9.59 Å². The van der Waals surface area contributed by atoms with Gasteiger partial charge in [-0.15, -0.1) is 0 Å². The Labute approximate surface area is 109 Å². The molecule has 5 heteroatoms. The van der Waals surface area contributed by atoms with Crippen LogP contribution in [0.3, 0.4) is 0 Å². The minimum absolute atomic E-state index is 0.0260. The number of nitrogens with one attached hydrogen (secondary N) is 1. The first kappa shape index (κ1) is 16.9. The summed E-state index contributed by atoms with van der Waals surface area (Å²) in [6.07, 6.45) is 2.11. The number of hydrogen-bond acceptors (Lipinski definition) is 3. The number of carboxylic acid groups (broad SMARTS) is 1. The van der Waals surface area contributed by atoms with E-state index in [1.807, 2.05) is 13.8 Å². The minimum atomic E-state index is -0.884. The van der Waals surface area contributed by atoms with Crippen molar-refractivity contribution in [3.63, 3.8) is 0 Å². The van der Waals surface area contributed by atoms with E-state index in [0.717, 1.165) is 12.8 Å². The van der Waals surface area contributed by atoms with E-state index in [0.29, 0.717) is 18.9 Å². The second kappa shape index (κ2) is 8.91. The van der Waals surface area contributed by atoms with Crippen molar-refractivity contribution in [2.75, 3.05) is 6.54 Å². The number of hydrogen-bond donors (Lipinski definition) is 3. The fourth-order valence-corrected chi connectivity index (χ4v) is 1.73. The van der Waals surface area contributed by atoms with Crippen molar-refractivity contribution in [1.82, 2.24) is 5.32 Å². The zero-order valence-electron chi connectivity index (χ0n) is 11.6. The molecule has 0 bridgehead atoms. The number of amides is 1. The maximum absolute atomic E-state index is 11.7. The Morgan fingerprint density at radius 3 is 2.28 bits per heavy atom. The molecule has 0 saturated heterocycles. The molecule has 0 aromatic heterocycles. The van der Waals surface area contributed by atoms with E-state index in [2.05, 4.69) is 12.2 Å². The summed E-state index contributed by atoms with van der Waals surface area (Å²) in [7, 11) is 0. The summed E-state index contributed by atoms with van der Waals surface area (Å²) in [6.45, 7) is 6.52. The van der Waals surface area contributed by atoms with Crippen LogP contribution in [0.2, 0.25) is 0 Å². The highest BCUT2D eigenvalue weighted by atomic mass is 16.4. The van der Waals surface area contributed by atoms with Crippen molar-refractivity contribution in [3.05, 3.63) is 0 Å². The molecule has 0 radical (unpaired) electrons. The van der Waals surface area contributed by atoms with E-state index in [4.69, 9.17) is 10.8 Å². The third kappa shape index (κ3) is 8.06. The fraction of sp³-hybridized carbons (Fsp3) is 0.846. The number of rotatable bonds is 9. The SMILES string of the molecule is CC(CCN)CCC(=O)NC(CC(=O)O)C(C)C. The first-order valence-electron chi connectivity index (χ1n) is 6.58. The van der Waals surface area contributed by atoms with Crippen LogP contribution in [-0.2, 0) is 9.59 Å². The molecule has 0 aromatic rings. The minimum Gasteiger partial charge on any atom is -0.481 e. The fourth-order valence-electron chi connectivity index (χ4n) is 1.73. The van der Waals surface area contributed by atoms with Gasteiger partial charge in [-0.05, 0) is 31.2 Å². The van der Waals surface area contributed by atoms with Gasteiger partial charge in [0.2, 0.25) is 5.91 Å². The molecule has 18 heavy (non-hydrogen) atoms. The summed E-state index contributed by atoms with van der Waals surface area (Å²) >= 11 is 0. The molecule has 0 saturated carbocycles. The summed E-state index contributed by atoms with van der Waals surface area (Å²) in [5.74, 6) is -0.409. The number of aliphatic carboxylic acids is 1. The van der Waals surface area contributed by atoms with E-state index in [1.165, 1.54) is 0 Å². The third-order valence-electron chi connectivity index (χ3n) is 3.07. The van der Waals surface area contributed by atoms with Crippen molar-refractivity contribution in [2.45, 2.75) is 52.5 Å². The first-order chi connectivity index (χ1) is 8.36. The van der Waals surface area contributed by atoms with Crippen LogP contribution in [0.25, 0.3) is 0 Å². The zero-order valence-corrected chi connectivity index (χ0v) is 11.6. The lowest BCUT2D eigenvalue weighted by Crippen LogP contribution is -2.40. The van der Waals surface area contributed by atoms with Gasteiger partial charge in [-0.3, -0.25) is 9.59 Å². The quantitative estimate of drug-likeness (QED) is 0.582. The van der Waals surface area contributed by atoms with E-state index < -0.39 is 5.97 Å². The highest BCUT2D eigenvalue weighted by molar-refractivity contribution is 5.77. The van der Waals surface area contributed by atoms with Crippen molar-refractivity contribution in [3.8, 4) is 0 Å². The molecule has 0 aromatic carbocycles. The standard InChI is InChI=1S/C13H26N2O3/c1-9(2)11(8-13(17)18)15-12(16)5-4-10(3)6-7-14/h9-11H,4-8,14H2,1-3H3,(H,15,16)(H,17,18). The average Bonchev–Trinajstić information content (AvgIpc) is 2.25. The number of nitrogens with two attached hydrogens (primary N) is 1. The number of carbonyl (C=O) groups is 2. The van der Waals surface area contributed by atoms with Gasteiger partial charge in [-0.2, -0.15) is 0 Å². The summed E-state index contributed by atoms with van der Waals surface area (Å²) in [6, 6.07) is -0.292. The van der Waals surface area contributed by atoms with Gasteiger partial charge in [0.05, 0.1) is 6.42 Å². The maximum Gasteiger partial charge on any atom is 0.305 e. The van der Waals surface area contributed by atoms with Crippen LogP contribution in [0.1, 0.15) is 46.5 Å². The van der Waals surface area contributed by atoms with Crippen molar-refractivity contribution < 1.29 is 14.7 Å². The lowest BCUT2D eigenvalue weighted by Gasteiger charge is -2.21. The average molecular weight is 258 g/mol. The predicted molar refractivity (Wildman–Crippen MR) is 71.1 cm³/mol. The van der Waals surface area contributed by atoms with Crippen molar-refractivity contribution >= 4 is 11.9 Å². The highest BCUT2D eigenvalue weighted by Crippen LogP contribution is 2.11. The Morgan fingerprint density at radius 2 is 1.83 bits per heavy atom. The molecule has 0 rings (SSSR count). The van der Waals surface area contributed by atoms with Crippen LogP contribution in [0, 0.1) is 11.8 Å². The molecule has 0 heterocycles. The zero-order chi connectivity index (χ0) is 14.1. The molecule has 4 N–H and O–H groups in total. The molecule has 106 valence electrons.